The SMILES string of the molecule is Cc1ccc(N(Cc2cccc(C#N)c2)C(C)C)cc1. The Bertz CT molecular complexity index is 606. The van der Waals surface area contributed by atoms with E-state index in [9.17, 15) is 0 Å². The largest absolute Gasteiger partial charge is 0.365 e. The highest BCUT2D eigenvalue weighted by Gasteiger charge is 2.11. The molecule has 2 aromatic carbocycles. The fraction of sp³-hybridized carbons (Fsp3) is 0.278. The van der Waals surface area contributed by atoms with Crippen molar-refractivity contribution >= 4 is 5.69 Å². The van der Waals surface area contributed by atoms with Crippen molar-refractivity contribution in [3.63, 3.8) is 0 Å². The summed E-state index contributed by atoms with van der Waals surface area (Å²) in [5.41, 5.74) is 4.37. The first-order valence-corrected chi connectivity index (χ1v) is 6.92. The molecule has 0 spiro atoms. The molecule has 0 fully saturated rings. The Labute approximate surface area is 121 Å². The molecule has 0 aromatic heterocycles. The average Bonchev–Trinajstić information content (AvgIpc) is 2.46. The number of nitriles is 1. The summed E-state index contributed by atoms with van der Waals surface area (Å²) in [6.07, 6.45) is 0. The van der Waals surface area contributed by atoms with Gasteiger partial charge in [-0.2, -0.15) is 5.26 Å². The molecule has 0 saturated heterocycles. The van der Waals surface area contributed by atoms with Crippen LogP contribution in [-0.2, 0) is 6.54 Å². The number of rotatable bonds is 4. The second-order valence-corrected chi connectivity index (χ2v) is 5.37. The highest BCUT2D eigenvalue weighted by atomic mass is 15.1. The van der Waals surface area contributed by atoms with Crippen molar-refractivity contribution < 1.29 is 0 Å². The molecular weight excluding hydrogens is 244 g/mol. The standard InChI is InChI=1S/C18H20N2/c1-14(2)20(18-9-7-15(3)8-10-18)13-17-6-4-5-16(11-17)12-19/h4-11,14H,13H2,1-3H3. The van der Waals surface area contributed by atoms with Gasteiger partial charge in [0.2, 0.25) is 0 Å². The van der Waals surface area contributed by atoms with E-state index < -0.39 is 0 Å². The minimum atomic E-state index is 0.406. The zero-order valence-corrected chi connectivity index (χ0v) is 12.3. The number of anilines is 1. The van der Waals surface area contributed by atoms with Crippen LogP contribution in [0.15, 0.2) is 48.5 Å². The molecular formula is C18H20N2. The predicted molar refractivity (Wildman–Crippen MR) is 83.7 cm³/mol. The molecule has 0 N–H and O–H groups in total. The van der Waals surface area contributed by atoms with Crippen molar-refractivity contribution in [2.45, 2.75) is 33.4 Å². The molecule has 0 saturated carbocycles. The molecule has 2 aromatic rings. The van der Waals surface area contributed by atoms with Crippen LogP contribution in [0.5, 0.6) is 0 Å². The lowest BCUT2D eigenvalue weighted by molar-refractivity contribution is 0.682. The van der Waals surface area contributed by atoms with Gasteiger partial charge in [-0.1, -0.05) is 29.8 Å². The van der Waals surface area contributed by atoms with E-state index in [4.69, 9.17) is 5.26 Å². The molecule has 2 rings (SSSR count). The second kappa shape index (κ2) is 6.25. The van der Waals surface area contributed by atoms with Crippen LogP contribution in [0.3, 0.4) is 0 Å². The lowest BCUT2D eigenvalue weighted by atomic mass is 10.1. The summed E-state index contributed by atoms with van der Waals surface area (Å²) in [4.78, 5) is 2.34. The van der Waals surface area contributed by atoms with Gasteiger partial charge in [0.25, 0.3) is 0 Å². The highest BCUT2D eigenvalue weighted by molar-refractivity contribution is 5.49. The van der Waals surface area contributed by atoms with Crippen molar-refractivity contribution in [1.82, 2.24) is 0 Å². The van der Waals surface area contributed by atoms with Crippen molar-refractivity contribution in [3.8, 4) is 6.07 Å². The van der Waals surface area contributed by atoms with Crippen LogP contribution < -0.4 is 4.90 Å². The zero-order valence-electron chi connectivity index (χ0n) is 12.3. The maximum Gasteiger partial charge on any atom is 0.0991 e. The van der Waals surface area contributed by atoms with Crippen LogP contribution in [0.2, 0.25) is 0 Å². The Morgan fingerprint density at radius 2 is 1.80 bits per heavy atom. The first-order chi connectivity index (χ1) is 9.60. The molecule has 0 aliphatic rings. The molecule has 0 heterocycles. The monoisotopic (exact) mass is 264 g/mol. The maximum atomic E-state index is 8.99. The smallest absolute Gasteiger partial charge is 0.0991 e. The molecule has 2 nitrogen and oxygen atoms in total. The van der Waals surface area contributed by atoms with E-state index in [1.807, 2.05) is 18.2 Å². The van der Waals surface area contributed by atoms with Gasteiger partial charge >= 0.3 is 0 Å². The first-order valence-electron chi connectivity index (χ1n) is 6.92. The van der Waals surface area contributed by atoms with Crippen LogP contribution >= 0.6 is 0 Å². The predicted octanol–water partition coefficient (Wildman–Crippen LogP) is 4.28. The molecule has 0 aliphatic heterocycles. The zero-order chi connectivity index (χ0) is 14.5. The summed E-state index contributed by atoms with van der Waals surface area (Å²) in [5.74, 6) is 0. The van der Waals surface area contributed by atoms with Crippen molar-refractivity contribution in [3.05, 3.63) is 65.2 Å². The van der Waals surface area contributed by atoms with Crippen molar-refractivity contribution in [2.75, 3.05) is 4.90 Å². The topological polar surface area (TPSA) is 27.0 Å². The van der Waals surface area contributed by atoms with Gasteiger partial charge in [0.15, 0.2) is 0 Å². The second-order valence-electron chi connectivity index (χ2n) is 5.37. The number of aryl methyl sites for hydroxylation is 1. The van der Waals surface area contributed by atoms with Crippen LogP contribution in [0.25, 0.3) is 0 Å². The third-order valence-corrected chi connectivity index (χ3v) is 3.40. The maximum absolute atomic E-state index is 8.99. The van der Waals surface area contributed by atoms with Crippen LogP contribution in [0.1, 0.15) is 30.5 Å². The summed E-state index contributed by atoms with van der Waals surface area (Å²) in [6, 6.07) is 19.0. The molecule has 102 valence electrons. The third kappa shape index (κ3) is 3.39. The summed E-state index contributed by atoms with van der Waals surface area (Å²) < 4.78 is 0. The number of nitrogens with zero attached hydrogens (tertiary/aromatic N) is 2. The van der Waals surface area contributed by atoms with Crippen LogP contribution in [-0.4, -0.2) is 6.04 Å². The van der Waals surface area contributed by atoms with E-state index >= 15 is 0 Å². The minimum Gasteiger partial charge on any atom is -0.365 e. The number of benzene rings is 2. The minimum absolute atomic E-state index is 0.406. The van der Waals surface area contributed by atoms with Gasteiger partial charge in [-0.05, 0) is 50.6 Å². The number of hydrogen-bond donors (Lipinski definition) is 0. The van der Waals surface area contributed by atoms with Gasteiger partial charge in [0, 0.05) is 18.3 Å². The van der Waals surface area contributed by atoms with Crippen molar-refractivity contribution in [2.24, 2.45) is 0 Å². The average molecular weight is 264 g/mol. The number of hydrogen-bond acceptors (Lipinski definition) is 2. The quantitative estimate of drug-likeness (QED) is 0.824. The normalized spacial score (nSPS) is 10.3. The Balaban J connectivity index is 2.26. The van der Waals surface area contributed by atoms with Crippen LogP contribution in [0.4, 0.5) is 5.69 Å². The lowest BCUT2D eigenvalue weighted by Crippen LogP contribution is -2.30. The van der Waals surface area contributed by atoms with E-state index in [2.05, 4.69) is 62.1 Å². The summed E-state index contributed by atoms with van der Waals surface area (Å²) in [6.45, 7) is 7.29. The summed E-state index contributed by atoms with van der Waals surface area (Å²) in [7, 11) is 0. The summed E-state index contributed by atoms with van der Waals surface area (Å²) >= 11 is 0. The van der Waals surface area contributed by atoms with Gasteiger partial charge in [-0.25, -0.2) is 0 Å². The molecule has 2 heteroatoms. The fourth-order valence-electron chi connectivity index (χ4n) is 2.24. The Morgan fingerprint density at radius 3 is 2.40 bits per heavy atom. The van der Waals surface area contributed by atoms with E-state index in [0.29, 0.717) is 6.04 Å². The molecule has 0 amide bonds. The lowest BCUT2D eigenvalue weighted by Gasteiger charge is -2.29. The fourth-order valence-corrected chi connectivity index (χ4v) is 2.24. The van der Waals surface area contributed by atoms with E-state index in [1.165, 1.54) is 16.8 Å². The molecule has 0 unspecified atom stereocenters. The third-order valence-electron chi connectivity index (χ3n) is 3.40. The van der Waals surface area contributed by atoms with Gasteiger partial charge in [-0.3, -0.25) is 0 Å². The molecule has 0 radical (unpaired) electrons. The van der Waals surface area contributed by atoms with Gasteiger partial charge in [-0.15, -0.1) is 0 Å². The van der Waals surface area contributed by atoms with Crippen LogP contribution in [0, 0.1) is 18.3 Å². The molecule has 0 aliphatic carbocycles. The Kier molecular flexibility index (Phi) is 4.42. The Morgan fingerprint density at radius 1 is 1.10 bits per heavy atom. The van der Waals surface area contributed by atoms with Gasteiger partial charge in [0.05, 0.1) is 11.6 Å². The van der Waals surface area contributed by atoms with Crippen molar-refractivity contribution in [1.29, 1.82) is 5.26 Å². The summed E-state index contributed by atoms with van der Waals surface area (Å²) in [5, 5.41) is 8.99. The molecule has 0 bridgehead atoms. The van der Waals surface area contributed by atoms with Gasteiger partial charge < -0.3 is 4.90 Å². The highest BCUT2D eigenvalue weighted by Crippen LogP contribution is 2.21. The van der Waals surface area contributed by atoms with Gasteiger partial charge in [0.1, 0.15) is 0 Å². The van der Waals surface area contributed by atoms with E-state index in [1.54, 1.807) is 0 Å². The van der Waals surface area contributed by atoms with E-state index in [-0.39, 0.29) is 0 Å². The first kappa shape index (κ1) is 14.1. The Hall–Kier alpha value is -2.27. The van der Waals surface area contributed by atoms with E-state index in [0.717, 1.165) is 12.1 Å². The molecule has 20 heavy (non-hydrogen) atoms. The molecule has 0 atom stereocenters.